The molecule has 2 rings (SSSR count). The van der Waals surface area contributed by atoms with Crippen LogP contribution < -0.4 is 10.9 Å². The molecule has 2 amide bonds. The molecular formula is C14H19N3O3. The van der Waals surface area contributed by atoms with E-state index in [2.05, 4.69) is 10.9 Å². The largest absolute Gasteiger partial charge is 0.395 e. The van der Waals surface area contributed by atoms with Crippen molar-refractivity contribution in [3.63, 3.8) is 0 Å². The number of hydrogen-bond acceptors (Lipinski definition) is 4. The van der Waals surface area contributed by atoms with E-state index in [0.29, 0.717) is 5.56 Å². The van der Waals surface area contributed by atoms with Crippen LogP contribution in [0.5, 0.6) is 0 Å². The van der Waals surface area contributed by atoms with Crippen LogP contribution in [0.4, 0.5) is 0 Å². The summed E-state index contributed by atoms with van der Waals surface area (Å²) in [6.07, 6.45) is 1.88. The Labute approximate surface area is 117 Å². The summed E-state index contributed by atoms with van der Waals surface area (Å²) in [5.74, 6) is -0.631. The molecule has 0 aliphatic carbocycles. The lowest BCUT2D eigenvalue weighted by molar-refractivity contribution is -0.123. The van der Waals surface area contributed by atoms with Gasteiger partial charge in [0.1, 0.15) is 0 Å². The maximum atomic E-state index is 11.7. The lowest BCUT2D eigenvalue weighted by Gasteiger charge is -2.21. The minimum Gasteiger partial charge on any atom is -0.395 e. The van der Waals surface area contributed by atoms with Gasteiger partial charge < -0.3 is 5.11 Å². The third kappa shape index (κ3) is 3.79. The highest BCUT2D eigenvalue weighted by molar-refractivity contribution is 5.95. The highest BCUT2D eigenvalue weighted by atomic mass is 16.3. The van der Waals surface area contributed by atoms with Gasteiger partial charge in [0.25, 0.3) is 11.8 Å². The Hall–Kier alpha value is -1.92. The molecule has 1 aliphatic heterocycles. The summed E-state index contributed by atoms with van der Waals surface area (Å²) >= 11 is 0. The smallest absolute Gasteiger partial charge is 0.269 e. The fourth-order valence-corrected chi connectivity index (χ4v) is 2.32. The number of aliphatic hydroxyl groups is 1. The van der Waals surface area contributed by atoms with E-state index in [-0.39, 0.29) is 31.0 Å². The Balaban J connectivity index is 1.76. The van der Waals surface area contributed by atoms with Crippen molar-refractivity contribution >= 4 is 11.8 Å². The standard InChI is InChI=1S/C14H19N3O3/c18-10-12-7-4-8-17(12)9-13(19)15-16-14(20)11-5-2-1-3-6-11/h1-3,5-6,12,18H,4,7-10H2,(H,15,19)(H,16,20)/t12-/m0/s1. The van der Waals surface area contributed by atoms with Gasteiger partial charge in [-0.05, 0) is 31.5 Å². The van der Waals surface area contributed by atoms with Crippen LogP contribution in [0, 0.1) is 0 Å². The molecule has 1 aliphatic rings. The lowest BCUT2D eigenvalue weighted by atomic mass is 10.2. The van der Waals surface area contributed by atoms with Crippen LogP contribution in [0.15, 0.2) is 30.3 Å². The molecule has 1 fully saturated rings. The van der Waals surface area contributed by atoms with Crippen LogP contribution in [-0.4, -0.2) is 47.6 Å². The monoisotopic (exact) mass is 277 g/mol. The van der Waals surface area contributed by atoms with Gasteiger partial charge in [-0.2, -0.15) is 0 Å². The number of likely N-dealkylation sites (tertiary alicyclic amines) is 1. The number of aliphatic hydroxyl groups excluding tert-OH is 1. The Kier molecular flexibility index (Phi) is 5.09. The van der Waals surface area contributed by atoms with Crippen LogP contribution >= 0.6 is 0 Å². The Morgan fingerprint density at radius 2 is 2.00 bits per heavy atom. The predicted octanol–water partition coefficient (Wildman–Crippen LogP) is -0.0957. The first-order valence-corrected chi connectivity index (χ1v) is 6.70. The molecule has 0 unspecified atom stereocenters. The van der Waals surface area contributed by atoms with Gasteiger partial charge >= 0.3 is 0 Å². The first kappa shape index (κ1) is 14.5. The molecule has 0 radical (unpaired) electrons. The van der Waals surface area contributed by atoms with Crippen molar-refractivity contribution < 1.29 is 14.7 Å². The van der Waals surface area contributed by atoms with Crippen LogP contribution in [0.2, 0.25) is 0 Å². The summed E-state index contributed by atoms with van der Waals surface area (Å²) in [5, 5.41) is 9.17. The van der Waals surface area contributed by atoms with Crippen LogP contribution in [-0.2, 0) is 4.79 Å². The molecule has 108 valence electrons. The number of nitrogens with one attached hydrogen (secondary N) is 2. The van der Waals surface area contributed by atoms with Gasteiger partial charge in [0, 0.05) is 11.6 Å². The van der Waals surface area contributed by atoms with Crippen molar-refractivity contribution in [1.82, 2.24) is 15.8 Å². The van der Waals surface area contributed by atoms with Gasteiger partial charge in [0.15, 0.2) is 0 Å². The minimum absolute atomic E-state index is 0.0468. The topological polar surface area (TPSA) is 81.7 Å². The number of nitrogens with zero attached hydrogens (tertiary/aromatic N) is 1. The van der Waals surface area contributed by atoms with Crippen molar-refractivity contribution in [1.29, 1.82) is 0 Å². The van der Waals surface area contributed by atoms with E-state index in [1.807, 2.05) is 11.0 Å². The molecule has 1 aromatic carbocycles. The zero-order chi connectivity index (χ0) is 14.4. The average Bonchev–Trinajstić information content (AvgIpc) is 2.92. The molecule has 1 aromatic rings. The normalized spacial score (nSPS) is 18.8. The van der Waals surface area contributed by atoms with Crippen molar-refractivity contribution in [2.24, 2.45) is 0 Å². The molecule has 3 N–H and O–H groups in total. The zero-order valence-electron chi connectivity index (χ0n) is 11.2. The molecular weight excluding hydrogens is 258 g/mol. The number of rotatable bonds is 4. The van der Waals surface area contributed by atoms with Crippen molar-refractivity contribution in [2.45, 2.75) is 18.9 Å². The van der Waals surface area contributed by atoms with E-state index in [4.69, 9.17) is 0 Å². The number of carbonyl (C=O) groups excluding carboxylic acids is 2. The Morgan fingerprint density at radius 1 is 1.25 bits per heavy atom. The number of carbonyl (C=O) groups is 2. The van der Waals surface area contributed by atoms with Crippen LogP contribution in [0.25, 0.3) is 0 Å². The van der Waals surface area contributed by atoms with Gasteiger partial charge in [-0.15, -0.1) is 0 Å². The second kappa shape index (κ2) is 7.02. The SMILES string of the molecule is O=C(CN1CCC[C@H]1CO)NNC(=O)c1ccccc1. The van der Waals surface area contributed by atoms with Crippen molar-refractivity contribution in [3.05, 3.63) is 35.9 Å². The highest BCUT2D eigenvalue weighted by Gasteiger charge is 2.25. The number of hydrogen-bond donors (Lipinski definition) is 3. The molecule has 1 atom stereocenters. The predicted molar refractivity (Wildman–Crippen MR) is 73.7 cm³/mol. The third-order valence-electron chi connectivity index (χ3n) is 3.41. The summed E-state index contributed by atoms with van der Waals surface area (Å²) in [5.41, 5.74) is 5.26. The second-order valence-electron chi connectivity index (χ2n) is 4.82. The maximum Gasteiger partial charge on any atom is 0.269 e. The lowest BCUT2D eigenvalue weighted by Crippen LogP contribution is -2.47. The van der Waals surface area contributed by atoms with Crippen molar-refractivity contribution in [2.75, 3.05) is 19.7 Å². The molecule has 1 saturated heterocycles. The Bertz CT molecular complexity index is 464. The number of amides is 2. The summed E-state index contributed by atoms with van der Waals surface area (Å²) in [6.45, 7) is 1.04. The van der Waals surface area contributed by atoms with Crippen LogP contribution in [0.3, 0.4) is 0 Å². The van der Waals surface area contributed by atoms with Gasteiger partial charge in [0.05, 0.1) is 13.2 Å². The van der Waals surface area contributed by atoms with E-state index in [0.717, 1.165) is 19.4 Å². The molecule has 6 heteroatoms. The van der Waals surface area contributed by atoms with Gasteiger partial charge in [-0.1, -0.05) is 18.2 Å². The fraction of sp³-hybridized carbons (Fsp3) is 0.429. The summed E-state index contributed by atoms with van der Waals surface area (Å²) < 4.78 is 0. The average molecular weight is 277 g/mol. The first-order valence-electron chi connectivity index (χ1n) is 6.70. The van der Waals surface area contributed by atoms with Crippen LogP contribution in [0.1, 0.15) is 23.2 Å². The molecule has 0 bridgehead atoms. The fourth-order valence-electron chi connectivity index (χ4n) is 2.32. The summed E-state index contributed by atoms with van der Waals surface area (Å²) in [7, 11) is 0. The van der Waals surface area contributed by atoms with E-state index < -0.39 is 0 Å². The van der Waals surface area contributed by atoms with Gasteiger partial charge in [-0.3, -0.25) is 25.3 Å². The molecule has 0 aromatic heterocycles. The van der Waals surface area contributed by atoms with E-state index in [1.165, 1.54) is 0 Å². The molecule has 20 heavy (non-hydrogen) atoms. The van der Waals surface area contributed by atoms with Gasteiger partial charge in [-0.25, -0.2) is 0 Å². The summed E-state index contributed by atoms with van der Waals surface area (Å²) in [4.78, 5) is 25.4. The second-order valence-corrected chi connectivity index (χ2v) is 4.82. The minimum atomic E-state index is -0.348. The van der Waals surface area contributed by atoms with Crippen molar-refractivity contribution in [3.8, 4) is 0 Å². The van der Waals surface area contributed by atoms with Gasteiger partial charge in [0.2, 0.25) is 0 Å². The molecule has 6 nitrogen and oxygen atoms in total. The highest BCUT2D eigenvalue weighted by Crippen LogP contribution is 2.15. The molecule has 1 heterocycles. The quantitative estimate of drug-likeness (QED) is 0.672. The molecule has 0 saturated carbocycles. The zero-order valence-corrected chi connectivity index (χ0v) is 11.2. The number of benzene rings is 1. The number of hydrazine groups is 1. The third-order valence-corrected chi connectivity index (χ3v) is 3.41. The molecule has 0 spiro atoms. The van der Waals surface area contributed by atoms with E-state index in [9.17, 15) is 14.7 Å². The summed E-state index contributed by atoms with van der Waals surface area (Å²) in [6, 6.07) is 8.72. The van der Waals surface area contributed by atoms with E-state index >= 15 is 0 Å². The first-order chi connectivity index (χ1) is 9.70. The Morgan fingerprint density at radius 3 is 2.70 bits per heavy atom. The van der Waals surface area contributed by atoms with E-state index in [1.54, 1.807) is 24.3 Å². The maximum absolute atomic E-state index is 11.7.